The van der Waals surface area contributed by atoms with Gasteiger partial charge >= 0.3 is 0 Å². The van der Waals surface area contributed by atoms with Gasteiger partial charge in [-0.3, -0.25) is 9.69 Å². The zero-order valence-corrected chi connectivity index (χ0v) is 13.6. The molecule has 1 aromatic carbocycles. The average molecular weight is 300 g/mol. The Bertz CT molecular complexity index is 690. The summed E-state index contributed by atoms with van der Waals surface area (Å²) in [4.78, 5) is 14.3. The Labute approximate surface area is 131 Å². The molecule has 4 nitrogen and oxygen atoms in total. The van der Waals surface area contributed by atoms with E-state index in [1.54, 1.807) is 7.05 Å². The molecule has 1 saturated heterocycles. The number of hydrogen-bond donors (Lipinski definition) is 1. The number of likely N-dealkylation sites (N-methyl/N-ethyl adjacent to an activating group) is 1. The molecule has 1 N–H and O–H groups in total. The summed E-state index contributed by atoms with van der Waals surface area (Å²) in [5.41, 5.74) is 3.37. The predicted octanol–water partition coefficient (Wildman–Crippen LogP) is 3.15. The second-order valence-electron chi connectivity index (χ2n) is 6.25. The fourth-order valence-corrected chi connectivity index (χ4v) is 3.36. The number of aryl methyl sites for hydroxylation is 2. The minimum atomic E-state index is -0.0342. The third kappa shape index (κ3) is 2.75. The van der Waals surface area contributed by atoms with Crippen molar-refractivity contribution in [2.45, 2.75) is 45.7 Å². The molecule has 0 unspecified atom stereocenters. The van der Waals surface area contributed by atoms with Gasteiger partial charge in [0, 0.05) is 12.4 Å². The quantitative estimate of drug-likeness (QED) is 0.947. The molecule has 0 aliphatic carbocycles. The summed E-state index contributed by atoms with van der Waals surface area (Å²) in [5, 5.41) is 3.97. The number of piperidine rings is 1. The van der Waals surface area contributed by atoms with Crippen molar-refractivity contribution in [3.05, 3.63) is 35.1 Å². The molecule has 1 aromatic heterocycles. The third-order valence-corrected chi connectivity index (χ3v) is 4.70. The molecular weight excluding hydrogens is 276 g/mol. The number of likely N-dealkylation sites (tertiary alicyclic amines) is 1. The van der Waals surface area contributed by atoms with Crippen LogP contribution in [0.1, 0.15) is 36.1 Å². The highest BCUT2D eigenvalue weighted by atomic mass is 16.3. The molecule has 0 radical (unpaired) electrons. The molecule has 4 heteroatoms. The zero-order valence-electron chi connectivity index (χ0n) is 13.6. The number of furan rings is 1. The van der Waals surface area contributed by atoms with Crippen molar-refractivity contribution in [1.29, 1.82) is 0 Å². The molecule has 1 amide bonds. The molecule has 1 atom stereocenters. The van der Waals surface area contributed by atoms with Gasteiger partial charge in [-0.2, -0.15) is 0 Å². The van der Waals surface area contributed by atoms with Gasteiger partial charge in [-0.25, -0.2) is 0 Å². The number of amides is 1. The van der Waals surface area contributed by atoms with Gasteiger partial charge in [0.1, 0.15) is 11.3 Å². The van der Waals surface area contributed by atoms with Crippen molar-refractivity contribution in [3.8, 4) is 0 Å². The zero-order chi connectivity index (χ0) is 15.7. The lowest BCUT2D eigenvalue weighted by Gasteiger charge is -2.33. The number of hydrogen-bond acceptors (Lipinski definition) is 3. The van der Waals surface area contributed by atoms with Crippen molar-refractivity contribution in [1.82, 2.24) is 10.2 Å². The monoisotopic (exact) mass is 300 g/mol. The van der Waals surface area contributed by atoms with Crippen LogP contribution in [0.15, 0.2) is 22.6 Å². The lowest BCUT2D eigenvalue weighted by Crippen LogP contribution is -2.48. The van der Waals surface area contributed by atoms with Crippen LogP contribution in [0.25, 0.3) is 11.0 Å². The Balaban J connectivity index is 1.88. The van der Waals surface area contributed by atoms with E-state index < -0.39 is 0 Å². The first-order valence-electron chi connectivity index (χ1n) is 8.04. The Hall–Kier alpha value is -1.81. The van der Waals surface area contributed by atoms with Crippen LogP contribution in [0.5, 0.6) is 0 Å². The smallest absolute Gasteiger partial charge is 0.237 e. The SMILES string of the molecule is CNC(=O)[C@@H]1CCCCN1Cc1oc2ccc(C)cc2c1C. The molecule has 1 aliphatic heterocycles. The molecule has 2 heterocycles. The molecule has 3 rings (SSSR count). The first kappa shape index (κ1) is 15.1. The average Bonchev–Trinajstić information content (AvgIpc) is 2.83. The highest BCUT2D eigenvalue weighted by Crippen LogP contribution is 2.29. The summed E-state index contributed by atoms with van der Waals surface area (Å²) < 4.78 is 6.04. The lowest BCUT2D eigenvalue weighted by atomic mass is 10.0. The summed E-state index contributed by atoms with van der Waals surface area (Å²) in [5.74, 6) is 1.10. The largest absolute Gasteiger partial charge is 0.459 e. The fourth-order valence-electron chi connectivity index (χ4n) is 3.36. The Morgan fingerprint density at radius 1 is 1.36 bits per heavy atom. The van der Waals surface area contributed by atoms with E-state index in [9.17, 15) is 4.79 Å². The Morgan fingerprint density at radius 3 is 2.95 bits per heavy atom. The van der Waals surface area contributed by atoms with Crippen LogP contribution >= 0.6 is 0 Å². The fraction of sp³-hybridized carbons (Fsp3) is 0.500. The molecule has 118 valence electrons. The maximum absolute atomic E-state index is 12.1. The van der Waals surface area contributed by atoms with Gasteiger partial charge in [-0.15, -0.1) is 0 Å². The van der Waals surface area contributed by atoms with E-state index in [2.05, 4.69) is 36.2 Å². The number of rotatable bonds is 3. The third-order valence-electron chi connectivity index (χ3n) is 4.70. The molecule has 1 fully saturated rings. The maximum atomic E-state index is 12.1. The standard InChI is InChI=1S/C18H24N2O2/c1-12-7-8-16-14(10-12)13(2)17(22-16)11-20-9-5-4-6-15(20)18(21)19-3/h7-8,10,15H,4-6,9,11H2,1-3H3,(H,19,21)/t15-/m0/s1. The van der Waals surface area contributed by atoms with E-state index in [0.29, 0.717) is 6.54 Å². The minimum absolute atomic E-state index is 0.0342. The van der Waals surface area contributed by atoms with Crippen molar-refractivity contribution < 1.29 is 9.21 Å². The van der Waals surface area contributed by atoms with Crippen molar-refractivity contribution in [3.63, 3.8) is 0 Å². The van der Waals surface area contributed by atoms with Gasteiger partial charge in [-0.05, 0) is 50.9 Å². The minimum Gasteiger partial charge on any atom is -0.459 e. The van der Waals surface area contributed by atoms with Crippen LogP contribution in [-0.4, -0.2) is 30.4 Å². The van der Waals surface area contributed by atoms with Gasteiger partial charge in [-0.1, -0.05) is 18.1 Å². The lowest BCUT2D eigenvalue weighted by molar-refractivity contribution is -0.127. The highest BCUT2D eigenvalue weighted by Gasteiger charge is 2.29. The van der Waals surface area contributed by atoms with E-state index in [-0.39, 0.29) is 11.9 Å². The molecule has 0 saturated carbocycles. The number of nitrogens with one attached hydrogen (secondary N) is 1. The van der Waals surface area contributed by atoms with Gasteiger partial charge in [0.2, 0.25) is 5.91 Å². The van der Waals surface area contributed by atoms with Gasteiger partial charge < -0.3 is 9.73 Å². The number of benzene rings is 1. The predicted molar refractivity (Wildman–Crippen MR) is 87.8 cm³/mol. The van der Waals surface area contributed by atoms with Crippen molar-refractivity contribution >= 4 is 16.9 Å². The number of carbonyl (C=O) groups excluding carboxylic acids is 1. The summed E-state index contributed by atoms with van der Waals surface area (Å²) in [6, 6.07) is 6.24. The molecule has 0 spiro atoms. The number of fused-ring (bicyclic) bond motifs is 1. The summed E-state index contributed by atoms with van der Waals surface area (Å²) in [6.07, 6.45) is 3.19. The maximum Gasteiger partial charge on any atom is 0.237 e. The van der Waals surface area contributed by atoms with Crippen LogP contribution in [0.4, 0.5) is 0 Å². The molecular formula is C18H24N2O2. The summed E-state index contributed by atoms with van der Waals surface area (Å²) in [7, 11) is 1.71. The Kier molecular flexibility index (Phi) is 4.21. The summed E-state index contributed by atoms with van der Waals surface area (Å²) >= 11 is 0. The van der Waals surface area contributed by atoms with Crippen LogP contribution in [-0.2, 0) is 11.3 Å². The van der Waals surface area contributed by atoms with E-state index in [1.165, 1.54) is 16.5 Å². The first-order chi connectivity index (χ1) is 10.6. The van der Waals surface area contributed by atoms with E-state index in [0.717, 1.165) is 37.2 Å². The van der Waals surface area contributed by atoms with E-state index >= 15 is 0 Å². The second-order valence-corrected chi connectivity index (χ2v) is 6.25. The van der Waals surface area contributed by atoms with Crippen molar-refractivity contribution in [2.24, 2.45) is 0 Å². The molecule has 0 bridgehead atoms. The first-order valence-corrected chi connectivity index (χ1v) is 8.04. The summed E-state index contributed by atoms with van der Waals surface area (Å²) in [6.45, 7) is 5.86. The molecule has 22 heavy (non-hydrogen) atoms. The van der Waals surface area contributed by atoms with Crippen LogP contribution in [0.3, 0.4) is 0 Å². The normalized spacial score (nSPS) is 19.5. The van der Waals surface area contributed by atoms with Crippen LogP contribution < -0.4 is 5.32 Å². The van der Waals surface area contributed by atoms with Gasteiger partial charge in [0.05, 0.1) is 12.6 Å². The molecule has 2 aromatic rings. The number of nitrogens with zero attached hydrogens (tertiary/aromatic N) is 1. The highest BCUT2D eigenvalue weighted by molar-refractivity contribution is 5.83. The van der Waals surface area contributed by atoms with Gasteiger partial charge in [0.25, 0.3) is 0 Å². The topological polar surface area (TPSA) is 45.5 Å². The molecule has 1 aliphatic rings. The second kappa shape index (κ2) is 6.13. The van der Waals surface area contributed by atoms with Gasteiger partial charge in [0.15, 0.2) is 0 Å². The van der Waals surface area contributed by atoms with Crippen LogP contribution in [0, 0.1) is 13.8 Å². The van der Waals surface area contributed by atoms with E-state index in [4.69, 9.17) is 4.42 Å². The van der Waals surface area contributed by atoms with E-state index in [1.807, 2.05) is 6.07 Å². The van der Waals surface area contributed by atoms with Crippen LogP contribution in [0.2, 0.25) is 0 Å². The van der Waals surface area contributed by atoms with Crippen molar-refractivity contribution in [2.75, 3.05) is 13.6 Å². The Morgan fingerprint density at radius 2 is 2.18 bits per heavy atom. The number of carbonyl (C=O) groups is 1.